The molecule has 0 atom stereocenters. The van der Waals surface area contributed by atoms with Crippen LogP contribution >= 0.6 is 15.9 Å². The van der Waals surface area contributed by atoms with E-state index in [-0.39, 0.29) is 0 Å². The van der Waals surface area contributed by atoms with Crippen molar-refractivity contribution in [3.8, 4) is 0 Å². The average molecular weight is 306 g/mol. The second kappa shape index (κ2) is 6.40. The molecule has 2 rings (SSSR count). The number of nitrogen functional groups attached to an aromatic ring is 1. The number of aromatic nitrogens is 1. The molecule has 1 heterocycles. The third-order valence-corrected chi connectivity index (χ3v) is 3.09. The first-order chi connectivity index (χ1) is 8.75. The Morgan fingerprint density at radius 3 is 2.72 bits per heavy atom. The Hall–Kier alpha value is -1.55. The number of halogens is 1. The summed E-state index contributed by atoms with van der Waals surface area (Å²) in [5.74, 6) is 0.756. The molecule has 0 aliphatic rings. The Kier molecular flexibility index (Phi) is 4.59. The van der Waals surface area contributed by atoms with Crippen molar-refractivity contribution < 1.29 is 0 Å². The van der Waals surface area contributed by atoms with E-state index in [1.807, 2.05) is 12.1 Å². The molecule has 1 aromatic carbocycles. The van der Waals surface area contributed by atoms with E-state index < -0.39 is 0 Å². The fourth-order valence-corrected chi connectivity index (χ4v) is 2.10. The number of nitrogens with zero attached hydrogens (tertiary/aromatic N) is 1. The molecule has 4 heteroatoms. The lowest BCUT2D eigenvalue weighted by molar-refractivity contribution is 0.859. The van der Waals surface area contributed by atoms with Crippen molar-refractivity contribution in [3.05, 3.63) is 52.6 Å². The molecule has 1 aromatic heterocycles. The lowest BCUT2D eigenvalue weighted by Crippen LogP contribution is -2.07. The van der Waals surface area contributed by atoms with E-state index in [2.05, 4.69) is 50.5 Å². The van der Waals surface area contributed by atoms with Gasteiger partial charge in [-0.1, -0.05) is 30.3 Å². The molecular formula is C14H16BrN3. The molecule has 0 bridgehead atoms. The van der Waals surface area contributed by atoms with Crippen molar-refractivity contribution >= 4 is 27.4 Å². The van der Waals surface area contributed by atoms with Crippen LogP contribution in [0.3, 0.4) is 0 Å². The highest BCUT2D eigenvalue weighted by Crippen LogP contribution is 2.19. The Morgan fingerprint density at radius 1 is 1.22 bits per heavy atom. The van der Waals surface area contributed by atoms with Gasteiger partial charge in [-0.25, -0.2) is 4.98 Å². The highest BCUT2D eigenvalue weighted by atomic mass is 79.9. The van der Waals surface area contributed by atoms with Crippen LogP contribution in [0.4, 0.5) is 11.5 Å². The minimum atomic E-state index is 0.670. The molecule has 0 amide bonds. The number of hydrogen-bond acceptors (Lipinski definition) is 3. The van der Waals surface area contributed by atoms with Crippen LogP contribution in [0.15, 0.2) is 47.1 Å². The van der Waals surface area contributed by atoms with Crippen molar-refractivity contribution in [2.24, 2.45) is 0 Å². The number of nitrogens with one attached hydrogen (secondary N) is 1. The van der Waals surface area contributed by atoms with Gasteiger partial charge < -0.3 is 11.1 Å². The maximum absolute atomic E-state index is 5.86. The third kappa shape index (κ3) is 3.74. The summed E-state index contributed by atoms with van der Waals surface area (Å²) in [4.78, 5) is 4.24. The fourth-order valence-electron chi connectivity index (χ4n) is 1.75. The summed E-state index contributed by atoms with van der Waals surface area (Å²) in [5.41, 5.74) is 7.89. The first-order valence-corrected chi connectivity index (χ1v) is 6.74. The lowest BCUT2D eigenvalue weighted by Gasteiger charge is -2.08. The second-order valence-corrected chi connectivity index (χ2v) is 5.02. The van der Waals surface area contributed by atoms with Gasteiger partial charge in [0.25, 0.3) is 0 Å². The quantitative estimate of drug-likeness (QED) is 0.832. The lowest BCUT2D eigenvalue weighted by atomic mass is 10.1. The SMILES string of the molecule is Nc1cc(Br)cnc1NCCCc1ccccc1. The van der Waals surface area contributed by atoms with Crippen LogP contribution in [0.1, 0.15) is 12.0 Å². The van der Waals surface area contributed by atoms with Gasteiger partial charge in [-0.3, -0.25) is 0 Å². The van der Waals surface area contributed by atoms with Gasteiger partial charge in [-0.05, 0) is 40.4 Å². The van der Waals surface area contributed by atoms with Gasteiger partial charge in [0, 0.05) is 17.2 Å². The van der Waals surface area contributed by atoms with Gasteiger partial charge in [0.2, 0.25) is 0 Å². The van der Waals surface area contributed by atoms with Crippen LogP contribution in [0, 0.1) is 0 Å². The number of nitrogens with two attached hydrogens (primary N) is 1. The average Bonchev–Trinajstić information content (AvgIpc) is 2.38. The zero-order valence-electron chi connectivity index (χ0n) is 10.1. The van der Waals surface area contributed by atoms with E-state index in [9.17, 15) is 0 Å². The van der Waals surface area contributed by atoms with E-state index >= 15 is 0 Å². The standard InChI is InChI=1S/C14H16BrN3/c15-12-9-13(16)14(18-10-12)17-8-4-7-11-5-2-1-3-6-11/h1-3,5-6,9-10H,4,7-8,16H2,(H,17,18). The van der Waals surface area contributed by atoms with Crippen molar-refractivity contribution in [3.63, 3.8) is 0 Å². The topological polar surface area (TPSA) is 50.9 Å². The fraction of sp³-hybridized carbons (Fsp3) is 0.214. The largest absolute Gasteiger partial charge is 0.396 e. The predicted octanol–water partition coefficient (Wildman–Crippen LogP) is 3.47. The minimum absolute atomic E-state index is 0.670. The molecule has 3 N–H and O–H groups in total. The normalized spacial score (nSPS) is 10.3. The van der Waals surface area contributed by atoms with E-state index in [1.165, 1.54) is 5.56 Å². The van der Waals surface area contributed by atoms with Gasteiger partial charge in [0.05, 0.1) is 5.69 Å². The number of rotatable bonds is 5. The third-order valence-electron chi connectivity index (χ3n) is 2.66. The number of aryl methyl sites for hydroxylation is 1. The molecule has 2 aromatic rings. The summed E-state index contributed by atoms with van der Waals surface area (Å²) < 4.78 is 0.898. The molecule has 0 saturated heterocycles. The first kappa shape index (κ1) is 12.9. The van der Waals surface area contributed by atoms with Crippen LogP contribution in [0.25, 0.3) is 0 Å². The molecule has 94 valence electrons. The maximum atomic E-state index is 5.86. The molecule has 3 nitrogen and oxygen atoms in total. The smallest absolute Gasteiger partial charge is 0.149 e. The van der Waals surface area contributed by atoms with Gasteiger partial charge >= 0.3 is 0 Å². The zero-order chi connectivity index (χ0) is 12.8. The summed E-state index contributed by atoms with van der Waals surface area (Å²) in [6, 6.07) is 12.3. The molecular weight excluding hydrogens is 290 g/mol. The number of anilines is 2. The van der Waals surface area contributed by atoms with Gasteiger partial charge in [-0.2, -0.15) is 0 Å². The minimum Gasteiger partial charge on any atom is -0.396 e. The summed E-state index contributed by atoms with van der Waals surface area (Å²) in [6.45, 7) is 0.869. The van der Waals surface area contributed by atoms with Crippen molar-refractivity contribution in [2.75, 3.05) is 17.6 Å². The predicted molar refractivity (Wildman–Crippen MR) is 79.6 cm³/mol. The molecule has 18 heavy (non-hydrogen) atoms. The molecule has 0 radical (unpaired) electrons. The molecule has 0 fully saturated rings. The number of benzene rings is 1. The number of hydrogen-bond donors (Lipinski definition) is 2. The molecule has 0 unspecified atom stereocenters. The van der Waals surface area contributed by atoms with Crippen molar-refractivity contribution in [1.29, 1.82) is 0 Å². The second-order valence-electron chi connectivity index (χ2n) is 4.11. The summed E-state index contributed by atoms with van der Waals surface area (Å²) >= 11 is 3.34. The highest BCUT2D eigenvalue weighted by Gasteiger charge is 2.00. The van der Waals surface area contributed by atoms with Gasteiger partial charge in [-0.15, -0.1) is 0 Å². The summed E-state index contributed by atoms with van der Waals surface area (Å²) in [7, 11) is 0. The maximum Gasteiger partial charge on any atom is 0.149 e. The Bertz CT molecular complexity index is 500. The van der Waals surface area contributed by atoms with Crippen molar-refractivity contribution in [2.45, 2.75) is 12.8 Å². The summed E-state index contributed by atoms with van der Waals surface area (Å²) in [6.07, 6.45) is 3.86. The van der Waals surface area contributed by atoms with Gasteiger partial charge in [0.1, 0.15) is 5.82 Å². The Labute approximate surface area is 116 Å². The van der Waals surface area contributed by atoms with Crippen LogP contribution in [-0.4, -0.2) is 11.5 Å². The highest BCUT2D eigenvalue weighted by molar-refractivity contribution is 9.10. The van der Waals surface area contributed by atoms with Crippen LogP contribution in [0.2, 0.25) is 0 Å². The van der Waals surface area contributed by atoms with E-state index in [4.69, 9.17) is 5.73 Å². The Morgan fingerprint density at radius 2 is 2.00 bits per heavy atom. The summed E-state index contributed by atoms with van der Waals surface area (Å²) in [5, 5.41) is 3.25. The van der Waals surface area contributed by atoms with Crippen LogP contribution in [0.5, 0.6) is 0 Å². The monoisotopic (exact) mass is 305 g/mol. The van der Waals surface area contributed by atoms with Crippen LogP contribution in [-0.2, 0) is 6.42 Å². The zero-order valence-corrected chi connectivity index (χ0v) is 11.7. The van der Waals surface area contributed by atoms with Crippen molar-refractivity contribution in [1.82, 2.24) is 4.98 Å². The molecule has 0 spiro atoms. The van der Waals surface area contributed by atoms with E-state index in [0.717, 1.165) is 29.7 Å². The first-order valence-electron chi connectivity index (χ1n) is 5.94. The molecule has 0 aliphatic carbocycles. The molecule has 0 aliphatic heterocycles. The number of pyridine rings is 1. The van der Waals surface area contributed by atoms with E-state index in [1.54, 1.807) is 6.20 Å². The Balaban J connectivity index is 1.79. The van der Waals surface area contributed by atoms with E-state index in [0.29, 0.717) is 5.69 Å². The molecule has 0 saturated carbocycles. The van der Waals surface area contributed by atoms with Gasteiger partial charge in [0.15, 0.2) is 0 Å². The van der Waals surface area contributed by atoms with Crippen LogP contribution < -0.4 is 11.1 Å².